The Morgan fingerprint density at radius 1 is 1.47 bits per heavy atom. The normalized spacial score (nSPS) is 22.2. The number of hydrogen-bond donors (Lipinski definition) is 2. The summed E-state index contributed by atoms with van der Waals surface area (Å²) in [6, 6.07) is 7.51. The van der Waals surface area contributed by atoms with Crippen molar-refractivity contribution >= 4 is 11.6 Å². The molecule has 0 radical (unpaired) electrons. The zero-order valence-electron chi connectivity index (χ0n) is 11.4. The SMILES string of the molecule is CCCOc1cccc(NC(=O)C2CCCC2N)c1. The van der Waals surface area contributed by atoms with Crippen LogP contribution in [0.2, 0.25) is 0 Å². The number of ether oxygens (including phenoxy) is 1. The number of nitrogens with one attached hydrogen (secondary N) is 1. The molecule has 0 heterocycles. The first-order valence-corrected chi connectivity index (χ1v) is 7.00. The van der Waals surface area contributed by atoms with Crippen LogP contribution in [-0.2, 0) is 4.79 Å². The molecule has 0 aromatic heterocycles. The molecule has 0 aliphatic heterocycles. The van der Waals surface area contributed by atoms with Crippen molar-refractivity contribution in [3.8, 4) is 5.75 Å². The number of hydrogen-bond acceptors (Lipinski definition) is 3. The van der Waals surface area contributed by atoms with Crippen LogP contribution in [0.4, 0.5) is 5.69 Å². The molecule has 19 heavy (non-hydrogen) atoms. The molecule has 1 aliphatic rings. The van der Waals surface area contributed by atoms with E-state index >= 15 is 0 Å². The maximum atomic E-state index is 12.1. The van der Waals surface area contributed by atoms with Gasteiger partial charge in [0.15, 0.2) is 0 Å². The first-order valence-electron chi connectivity index (χ1n) is 7.00. The van der Waals surface area contributed by atoms with Crippen LogP contribution in [-0.4, -0.2) is 18.6 Å². The molecule has 1 amide bonds. The Balaban J connectivity index is 1.96. The maximum Gasteiger partial charge on any atom is 0.229 e. The second kappa shape index (κ2) is 6.57. The van der Waals surface area contributed by atoms with E-state index in [-0.39, 0.29) is 17.9 Å². The van der Waals surface area contributed by atoms with Crippen molar-refractivity contribution < 1.29 is 9.53 Å². The predicted octanol–water partition coefficient (Wildman–Crippen LogP) is 2.54. The van der Waals surface area contributed by atoms with E-state index in [1.165, 1.54) is 0 Å². The first-order chi connectivity index (χ1) is 9.20. The van der Waals surface area contributed by atoms with Crippen molar-refractivity contribution in [3.63, 3.8) is 0 Å². The molecule has 2 rings (SSSR count). The topological polar surface area (TPSA) is 64.3 Å². The van der Waals surface area contributed by atoms with Crippen LogP contribution >= 0.6 is 0 Å². The number of carbonyl (C=O) groups is 1. The highest BCUT2D eigenvalue weighted by Crippen LogP contribution is 2.26. The van der Waals surface area contributed by atoms with E-state index in [1.54, 1.807) is 0 Å². The van der Waals surface area contributed by atoms with Gasteiger partial charge in [-0.05, 0) is 31.4 Å². The highest BCUT2D eigenvalue weighted by atomic mass is 16.5. The predicted molar refractivity (Wildman–Crippen MR) is 76.2 cm³/mol. The monoisotopic (exact) mass is 262 g/mol. The van der Waals surface area contributed by atoms with Crippen molar-refractivity contribution in [2.75, 3.05) is 11.9 Å². The molecule has 3 N–H and O–H groups in total. The average molecular weight is 262 g/mol. The maximum absolute atomic E-state index is 12.1. The Kier molecular flexibility index (Phi) is 4.80. The van der Waals surface area contributed by atoms with Crippen molar-refractivity contribution in [2.45, 2.75) is 38.6 Å². The second-order valence-electron chi connectivity index (χ2n) is 5.07. The molecule has 1 saturated carbocycles. The molecule has 4 nitrogen and oxygen atoms in total. The summed E-state index contributed by atoms with van der Waals surface area (Å²) in [6.07, 6.45) is 3.84. The first kappa shape index (κ1) is 13.9. The quantitative estimate of drug-likeness (QED) is 0.857. The van der Waals surface area contributed by atoms with Gasteiger partial charge in [0.25, 0.3) is 0 Å². The molecule has 0 bridgehead atoms. The lowest BCUT2D eigenvalue weighted by Crippen LogP contribution is -2.34. The van der Waals surface area contributed by atoms with Gasteiger partial charge in [-0.15, -0.1) is 0 Å². The second-order valence-corrected chi connectivity index (χ2v) is 5.07. The summed E-state index contributed by atoms with van der Waals surface area (Å²) in [6.45, 7) is 2.75. The van der Waals surface area contributed by atoms with E-state index in [1.807, 2.05) is 24.3 Å². The van der Waals surface area contributed by atoms with Crippen LogP contribution in [0.25, 0.3) is 0 Å². The van der Waals surface area contributed by atoms with Crippen LogP contribution in [0.15, 0.2) is 24.3 Å². The fourth-order valence-corrected chi connectivity index (χ4v) is 2.43. The van der Waals surface area contributed by atoms with Crippen LogP contribution in [0.1, 0.15) is 32.6 Å². The molecule has 2 atom stereocenters. The minimum atomic E-state index is -0.0554. The standard InChI is InChI=1S/C15H22N2O2/c1-2-9-19-12-6-3-5-11(10-12)17-15(18)13-7-4-8-14(13)16/h3,5-6,10,13-14H,2,4,7-9,16H2,1H3,(H,17,18). The van der Waals surface area contributed by atoms with Gasteiger partial charge in [0.2, 0.25) is 5.91 Å². The fraction of sp³-hybridized carbons (Fsp3) is 0.533. The van der Waals surface area contributed by atoms with Gasteiger partial charge in [0, 0.05) is 17.8 Å². The Labute approximate surface area is 114 Å². The van der Waals surface area contributed by atoms with E-state index in [9.17, 15) is 4.79 Å². The molecule has 4 heteroatoms. The van der Waals surface area contributed by atoms with Crippen LogP contribution in [0.5, 0.6) is 5.75 Å². The molecule has 1 aromatic carbocycles. The Morgan fingerprint density at radius 2 is 2.32 bits per heavy atom. The lowest BCUT2D eigenvalue weighted by atomic mass is 10.0. The molecule has 2 unspecified atom stereocenters. The van der Waals surface area contributed by atoms with Gasteiger partial charge in [-0.3, -0.25) is 4.79 Å². The third-order valence-corrected chi connectivity index (χ3v) is 3.48. The smallest absolute Gasteiger partial charge is 0.229 e. The van der Waals surface area contributed by atoms with Crippen molar-refractivity contribution in [1.82, 2.24) is 0 Å². The molecule has 1 aromatic rings. The summed E-state index contributed by atoms with van der Waals surface area (Å²) in [5, 5.41) is 2.93. The van der Waals surface area contributed by atoms with Gasteiger partial charge in [0.05, 0.1) is 12.5 Å². The summed E-state index contributed by atoms with van der Waals surface area (Å²) in [5.74, 6) is 0.758. The summed E-state index contributed by atoms with van der Waals surface area (Å²) >= 11 is 0. The van der Waals surface area contributed by atoms with Gasteiger partial charge in [-0.2, -0.15) is 0 Å². The van der Waals surface area contributed by atoms with E-state index in [2.05, 4.69) is 12.2 Å². The number of amides is 1. The average Bonchev–Trinajstić information content (AvgIpc) is 2.83. The number of anilines is 1. The van der Waals surface area contributed by atoms with E-state index in [4.69, 9.17) is 10.5 Å². The highest BCUT2D eigenvalue weighted by molar-refractivity contribution is 5.93. The number of benzene rings is 1. The van der Waals surface area contributed by atoms with Crippen molar-refractivity contribution in [3.05, 3.63) is 24.3 Å². The highest BCUT2D eigenvalue weighted by Gasteiger charge is 2.30. The third kappa shape index (κ3) is 3.70. The Hall–Kier alpha value is -1.55. The zero-order valence-corrected chi connectivity index (χ0v) is 11.4. The molecule has 1 fully saturated rings. The van der Waals surface area contributed by atoms with Crippen molar-refractivity contribution in [2.24, 2.45) is 11.7 Å². The van der Waals surface area contributed by atoms with Crippen molar-refractivity contribution in [1.29, 1.82) is 0 Å². The molecule has 104 valence electrons. The van der Waals surface area contributed by atoms with Crippen LogP contribution in [0.3, 0.4) is 0 Å². The zero-order chi connectivity index (χ0) is 13.7. The Morgan fingerprint density at radius 3 is 3.00 bits per heavy atom. The van der Waals surface area contributed by atoms with Gasteiger partial charge in [0.1, 0.15) is 5.75 Å². The van der Waals surface area contributed by atoms with E-state index < -0.39 is 0 Å². The molecular formula is C15H22N2O2. The summed E-state index contributed by atoms with van der Waals surface area (Å²) in [4.78, 5) is 12.1. The molecule has 0 saturated heterocycles. The molecular weight excluding hydrogens is 240 g/mol. The number of rotatable bonds is 5. The number of carbonyl (C=O) groups excluding carboxylic acids is 1. The fourth-order valence-electron chi connectivity index (χ4n) is 2.43. The number of nitrogens with two attached hydrogens (primary N) is 1. The van der Waals surface area contributed by atoms with Gasteiger partial charge in [-0.1, -0.05) is 19.4 Å². The van der Waals surface area contributed by atoms with Crippen LogP contribution in [0, 0.1) is 5.92 Å². The van der Waals surface area contributed by atoms with Gasteiger partial charge in [-0.25, -0.2) is 0 Å². The summed E-state index contributed by atoms with van der Waals surface area (Å²) in [5.41, 5.74) is 6.72. The molecule has 1 aliphatic carbocycles. The largest absolute Gasteiger partial charge is 0.494 e. The summed E-state index contributed by atoms with van der Waals surface area (Å²) in [7, 11) is 0. The van der Waals surface area contributed by atoms with Gasteiger partial charge < -0.3 is 15.8 Å². The Bertz CT molecular complexity index is 434. The lowest BCUT2D eigenvalue weighted by Gasteiger charge is -2.15. The minimum Gasteiger partial charge on any atom is -0.494 e. The third-order valence-electron chi connectivity index (χ3n) is 3.48. The lowest BCUT2D eigenvalue weighted by molar-refractivity contribution is -0.120. The van der Waals surface area contributed by atoms with E-state index in [0.717, 1.165) is 37.1 Å². The minimum absolute atomic E-state index is 0.000441. The van der Waals surface area contributed by atoms with Crippen LogP contribution < -0.4 is 15.8 Å². The molecule has 0 spiro atoms. The van der Waals surface area contributed by atoms with Gasteiger partial charge >= 0.3 is 0 Å². The van der Waals surface area contributed by atoms with E-state index in [0.29, 0.717) is 6.61 Å². The summed E-state index contributed by atoms with van der Waals surface area (Å²) < 4.78 is 5.55.